The van der Waals surface area contributed by atoms with Crippen LogP contribution < -0.4 is 11.1 Å². The van der Waals surface area contributed by atoms with Gasteiger partial charge in [-0.2, -0.15) is 0 Å². The second-order valence-corrected chi connectivity index (χ2v) is 8.88. The lowest BCUT2D eigenvalue weighted by Gasteiger charge is -2.25. The van der Waals surface area contributed by atoms with Crippen molar-refractivity contribution in [1.82, 2.24) is 15.2 Å². The van der Waals surface area contributed by atoms with E-state index in [1.807, 2.05) is 43.3 Å². The van der Waals surface area contributed by atoms with Gasteiger partial charge in [0.1, 0.15) is 5.82 Å². The molecule has 0 saturated heterocycles. The highest BCUT2D eigenvalue weighted by Crippen LogP contribution is 2.28. The fourth-order valence-electron chi connectivity index (χ4n) is 4.26. The number of benzene rings is 1. The molecule has 1 aliphatic carbocycles. The minimum absolute atomic E-state index is 0.0146. The van der Waals surface area contributed by atoms with E-state index in [1.54, 1.807) is 18.0 Å². The number of aromatic nitrogens is 1. The van der Waals surface area contributed by atoms with Crippen molar-refractivity contribution >= 4 is 23.6 Å². The van der Waals surface area contributed by atoms with E-state index < -0.39 is 6.04 Å². The second-order valence-electron chi connectivity index (χ2n) is 8.88. The first-order chi connectivity index (χ1) is 16.9. The Balaban J connectivity index is 1.62. The number of aryl methyl sites for hydroxylation is 2. The summed E-state index contributed by atoms with van der Waals surface area (Å²) < 4.78 is 5.14. The third-order valence-corrected chi connectivity index (χ3v) is 6.15. The van der Waals surface area contributed by atoms with Crippen molar-refractivity contribution in [2.24, 2.45) is 0 Å². The summed E-state index contributed by atoms with van der Waals surface area (Å²) in [5.41, 5.74) is 8.73. The molecule has 0 unspecified atom stereocenters. The standard InChI is InChI=1S/C27H36N4O4/c1-3-20-9-5-6-10-22(20)23(17-27(34)35-4-2)30-25(32)18-31(21-12-13-21)26(33)11-7-8-19-14-15-29-24(28)16-19/h5-6,9-10,14-16,21,23H,3-4,7-8,11-13,17-18H2,1-2H3,(H2,28,29)(H,30,32)/t23-/m1/s1. The normalized spacial score (nSPS) is 13.7. The molecule has 0 spiro atoms. The Morgan fingerprint density at radius 1 is 1.20 bits per heavy atom. The van der Waals surface area contributed by atoms with E-state index in [0.717, 1.165) is 42.4 Å². The SMILES string of the molecule is CCOC(=O)C[C@@H](NC(=O)CN(C(=O)CCCc1ccnc(N)c1)C1CC1)c1ccccc1CC. The Morgan fingerprint density at radius 3 is 2.66 bits per heavy atom. The molecule has 1 saturated carbocycles. The number of hydrogen-bond donors (Lipinski definition) is 2. The molecule has 0 radical (unpaired) electrons. The number of pyridine rings is 1. The van der Waals surface area contributed by atoms with E-state index in [-0.39, 0.29) is 43.4 Å². The van der Waals surface area contributed by atoms with Crippen LogP contribution in [0.5, 0.6) is 0 Å². The average molecular weight is 481 g/mol. The molecule has 2 aromatic rings. The molecular formula is C27H36N4O4. The van der Waals surface area contributed by atoms with Crippen LogP contribution in [0.15, 0.2) is 42.6 Å². The number of nitrogen functional groups attached to an aromatic ring is 1. The second kappa shape index (κ2) is 12.9. The molecule has 2 amide bonds. The van der Waals surface area contributed by atoms with Crippen LogP contribution in [-0.4, -0.2) is 46.9 Å². The van der Waals surface area contributed by atoms with Gasteiger partial charge in [-0.3, -0.25) is 14.4 Å². The van der Waals surface area contributed by atoms with Gasteiger partial charge in [-0.25, -0.2) is 4.98 Å². The zero-order valence-corrected chi connectivity index (χ0v) is 20.7. The summed E-state index contributed by atoms with van der Waals surface area (Å²) in [4.78, 5) is 44.0. The highest BCUT2D eigenvalue weighted by atomic mass is 16.5. The smallest absolute Gasteiger partial charge is 0.308 e. The summed E-state index contributed by atoms with van der Waals surface area (Å²) in [6, 6.07) is 11.1. The van der Waals surface area contributed by atoms with Gasteiger partial charge >= 0.3 is 5.97 Å². The van der Waals surface area contributed by atoms with Crippen LogP contribution in [0.3, 0.4) is 0 Å². The summed E-state index contributed by atoms with van der Waals surface area (Å²) in [6.07, 6.45) is 6.05. The lowest BCUT2D eigenvalue weighted by molar-refractivity contribution is -0.144. The van der Waals surface area contributed by atoms with E-state index >= 15 is 0 Å². The van der Waals surface area contributed by atoms with Gasteiger partial charge in [0.2, 0.25) is 11.8 Å². The minimum atomic E-state index is -0.508. The molecule has 1 aliphatic rings. The molecule has 1 heterocycles. The number of rotatable bonds is 13. The molecule has 0 bridgehead atoms. The molecule has 1 atom stereocenters. The van der Waals surface area contributed by atoms with Gasteiger partial charge in [0.25, 0.3) is 0 Å². The number of nitrogens with one attached hydrogen (secondary N) is 1. The van der Waals surface area contributed by atoms with Gasteiger partial charge in [-0.15, -0.1) is 0 Å². The van der Waals surface area contributed by atoms with E-state index in [4.69, 9.17) is 10.5 Å². The molecule has 188 valence electrons. The maximum absolute atomic E-state index is 13.1. The monoisotopic (exact) mass is 480 g/mol. The maximum atomic E-state index is 13.1. The number of hydrogen-bond acceptors (Lipinski definition) is 6. The van der Waals surface area contributed by atoms with Crippen LogP contribution in [0.1, 0.15) is 68.7 Å². The lowest BCUT2D eigenvalue weighted by Crippen LogP contribution is -2.43. The molecule has 8 heteroatoms. The zero-order valence-electron chi connectivity index (χ0n) is 20.7. The number of ether oxygens (including phenoxy) is 1. The first kappa shape index (κ1) is 26.2. The molecule has 1 aromatic carbocycles. The van der Waals surface area contributed by atoms with E-state index in [2.05, 4.69) is 10.3 Å². The van der Waals surface area contributed by atoms with Gasteiger partial charge in [0.05, 0.1) is 25.6 Å². The van der Waals surface area contributed by atoms with Crippen molar-refractivity contribution in [3.8, 4) is 0 Å². The number of carbonyl (C=O) groups excluding carboxylic acids is 3. The van der Waals surface area contributed by atoms with Crippen LogP contribution >= 0.6 is 0 Å². The largest absolute Gasteiger partial charge is 0.466 e. The van der Waals surface area contributed by atoms with E-state index in [1.165, 1.54) is 0 Å². The van der Waals surface area contributed by atoms with Crippen molar-refractivity contribution in [2.45, 2.75) is 70.9 Å². The number of anilines is 1. The molecule has 3 rings (SSSR count). The summed E-state index contributed by atoms with van der Waals surface area (Å²) in [5.74, 6) is -0.198. The number of nitrogens with zero attached hydrogens (tertiary/aromatic N) is 2. The summed E-state index contributed by atoms with van der Waals surface area (Å²) >= 11 is 0. The highest BCUT2D eigenvalue weighted by molar-refractivity contribution is 5.86. The molecular weight excluding hydrogens is 444 g/mol. The fraction of sp³-hybridized carbons (Fsp3) is 0.481. The van der Waals surface area contributed by atoms with Gasteiger partial charge < -0.3 is 20.7 Å². The molecule has 3 N–H and O–H groups in total. The van der Waals surface area contributed by atoms with Crippen LogP contribution in [0.4, 0.5) is 5.82 Å². The predicted octanol–water partition coefficient (Wildman–Crippen LogP) is 3.35. The van der Waals surface area contributed by atoms with Crippen LogP contribution in [-0.2, 0) is 32.0 Å². The number of nitrogens with two attached hydrogens (primary N) is 1. The Morgan fingerprint density at radius 2 is 1.97 bits per heavy atom. The Hall–Kier alpha value is -3.42. The lowest BCUT2D eigenvalue weighted by atomic mass is 9.96. The zero-order chi connectivity index (χ0) is 25.2. The quantitative estimate of drug-likeness (QED) is 0.425. The third-order valence-electron chi connectivity index (χ3n) is 6.15. The number of carbonyl (C=O) groups is 3. The fourth-order valence-corrected chi connectivity index (χ4v) is 4.26. The molecule has 1 aromatic heterocycles. The number of esters is 1. The van der Waals surface area contributed by atoms with Crippen LogP contribution in [0.2, 0.25) is 0 Å². The van der Waals surface area contributed by atoms with Crippen molar-refractivity contribution in [3.63, 3.8) is 0 Å². The van der Waals surface area contributed by atoms with Gasteiger partial charge in [0.15, 0.2) is 0 Å². The Kier molecular flexibility index (Phi) is 9.64. The summed E-state index contributed by atoms with van der Waals surface area (Å²) in [7, 11) is 0. The maximum Gasteiger partial charge on any atom is 0.308 e. The van der Waals surface area contributed by atoms with Crippen molar-refractivity contribution in [2.75, 3.05) is 18.9 Å². The van der Waals surface area contributed by atoms with Crippen LogP contribution in [0.25, 0.3) is 0 Å². The van der Waals surface area contributed by atoms with Crippen molar-refractivity contribution in [1.29, 1.82) is 0 Å². The topological polar surface area (TPSA) is 115 Å². The third kappa shape index (κ3) is 8.09. The Labute approximate surface area is 207 Å². The first-order valence-corrected chi connectivity index (χ1v) is 12.4. The molecule has 35 heavy (non-hydrogen) atoms. The van der Waals surface area contributed by atoms with Gasteiger partial charge in [0, 0.05) is 18.7 Å². The minimum Gasteiger partial charge on any atom is -0.466 e. The van der Waals surface area contributed by atoms with Crippen LogP contribution in [0, 0.1) is 0 Å². The summed E-state index contributed by atoms with van der Waals surface area (Å²) in [5, 5.41) is 3.00. The van der Waals surface area contributed by atoms with E-state index in [9.17, 15) is 14.4 Å². The Bertz CT molecular complexity index is 1020. The number of amides is 2. The van der Waals surface area contributed by atoms with Gasteiger partial charge in [-0.1, -0.05) is 31.2 Å². The molecule has 0 aliphatic heterocycles. The average Bonchev–Trinajstić information content (AvgIpc) is 3.67. The molecule has 8 nitrogen and oxygen atoms in total. The van der Waals surface area contributed by atoms with Gasteiger partial charge in [-0.05, 0) is 67.9 Å². The summed E-state index contributed by atoms with van der Waals surface area (Å²) in [6.45, 7) is 4.06. The highest BCUT2D eigenvalue weighted by Gasteiger charge is 2.34. The van der Waals surface area contributed by atoms with E-state index in [0.29, 0.717) is 18.7 Å². The molecule has 1 fully saturated rings. The first-order valence-electron chi connectivity index (χ1n) is 12.4. The van der Waals surface area contributed by atoms with Crippen molar-refractivity contribution < 1.29 is 19.1 Å². The predicted molar refractivity (Wildman–Crippen MR) is 134 cm³/mol. The van der Waals surface area contributed by atoms with Crippen molar-refractivity contribution in [3.05, 3.63) is 59.3 Å².